The van der Waals surface area contributed by atoms with Crippen LogP contribution in [0.5, 0.6) is 0 Å². The van der Waals surface area contributed by atoms with Gasteiger partial charge in [0, 0.05) is 16.8 Å². The van der Waals surface area contributed by atoms with Crippen LogP contribution in [-0.2, 0) is 5.41 Å². The van der Waals surface area contributed by atoms with E-state index in [4.69, 9.17) is 0 Å². The fourth-order valence-electron chi connectivity index (χ4n) is 6.60. The average Bonchev–Trinajstić information content (AvgIpc) is 3.11. The van der Waals surface area contributed by atoms with E-state index in [1.807, 2.05) is 24.3 Å². The Morgan fingerprint density at radius 3 is 1.91 bits per heavy atom. The minimum Gasteiger partial charge on any atom is -0.356 e. The van der Waals surface area contributed by atoms with E-state index in [9.17, 15) is 0 Å². The highest BCUT2D eigenvalue weighted by atomic mass is 14.9. The molecule has 1 heteroatoms. The van der Waals surface area contributed by atoms with Gasteiger partial charge in [0.05, 0.1) is 0 Å². The predicted molar refractivity (Wildman–Crippen MR) is 207 cm³/mol. The molecule has 0 saturated carbocycles. The van der Waals surface area contributed by atoms with Crippen LogP contribution in [0.3, 0.4) is 0 Å². The number of hydrogen-bond donors (Lipinski definition) is 1. The second-order valence-electron chi connectivity index (χ2n) is 12.5. The normalized spacial score (nSPS) is 11.9. The van der Waals surface area contributed by atoms with Crippen molar-refractivity contribution in [2.75, 3.05) is 5.32 Å². The van der Waals surface area contributed by atoms with Gasteiger partial charge in [-0.25, -0.2) is 0 Å². The molecule has 0 amide bonds. The summed E-state index contributed by atoms with van der Waals surface area (Å²) in [5.74, 6) is 0. The van der Waals surface area contributed by atoms with E-state index in [2.05, 4.69) is 168 Å². The van der Waals surface area contributed by atoms with Gasteiger partial charge in [-0.3, -0.25) is 0 Å². The summed E-state index contributed by atoms with van der Waals surface area (Å²) in [5.41, 5.74) is 15.5. The van der Waals surface area contributed by atoms with E-state index in [0.717, 1.165) is 29.8 Å². The van der Waals surface area contributed by atoms with E-state index in [0.29, 0.717) is 0 Å². The zero-order valence-electron chi connectivity index (χ0n) is 28.6. The third-order valence-electron chi connectivity index (χ3n) is 9.68. The van der Waals surface area contributed by atoms with Crippen molar-refractivity contribution in [1.29, 1.82) is 0 Å². The fraction of sp³-hybridized carbons (Fsp3) is 0.174. The number of rotatable bonds is 12. The van der Waals surface area contributed by atoms with Crippen molar-refractivity contribution in [1.82, 2.24) is 0 Å². The number of hydrogen-bond acceptors (Lipinski definition) is 1. The molecular weight excluding hydrogens is 567 g/mol. The van der Waals surface area contributed by atoms with Crippen molar-refractivity contribution in [3.8, 4) is 22.3 Å². The van der Waals surface area contributed by atoms with Crippen LogP contribution >= 0.6 is 0 Å². The summed E-state index contributed by atoms with van der Waals surface area (Å²) in [5, 5.41) is 3.50. The lowest BCUT2D eigenvalue weighted by atomic mass is 9.68. The Kier molecular flexibility index (Phi) is 10.6. The molecule has 0 heterocycles. The summed E-state index contributed by atoms with van der Waals surface area (Å²) in [4.78, 5) is 0. The number of para-hydroxylation sites is 1. The summed E-state index contributed by atoms with van der Waals surface area (Å²) >= 11 is 0. The monoisotopic (exact) mass is 613 g/mol. The summed E-state index contributed by atoms with van der Waals surface area (Å²) in [6, 6.07) is 41.2. The molecular formula is C46H47N. The van der Waals surface area contributed by atoms with Crippen LogP contribution in [-0.4, -0.2) is 0 Å². The molecule has 0 bridgehead atoms. The van der Waals surface area contributed by atoms with Crippen LogP contribution in [0.2, 0.25) is 0 Å². The van der Waals surface area contributed by atoms with Crippen LogP contribution in [0.15, 0.2) is 152 Å². The molecule has 0 aliphatic rings. The number of benzene rings is 5. The quantitative estimate of drug-likeness (QED) is 0.109. The van der Waals surface area contributed by atoms with Gasteiger partial charge in [-0.2, -0.15) is 0 Å². The topological polar surface area (TPSA) is 12.0 Å². The minimum absolute atomic E-state index is 0.188. The molecule has 5 rings (SSSR count). The van der Waals surface area contributed by atoms with E-state index in [1.165, 1.54) is 55.6 Å². The van der Waals surface area contributed by atoms with Crippen LogP contribution in [0.4, 0.5) is 5.69 Å². The molecule has 236 valence electrons. The maximum atomic E-state index is 4.62. The first kappa shape index (κ1) is 33.2. The molecule has 0 unspecified atom stereocenters. The lowest BCUT2D eigenvalue weighted by Crippen LogP contribution is -2.27. The van der Waals surface area contributed by atoms with Crippen LogP contribution < -0.4 is 5.32 Å². The molecule has 0 fully saturated rings. The maximum Gasteiger partial charge on any atom is 0.0384 e. The zero-order valence-corrected chi connectivity index (χ0v) is 28.6. The van der Waals surface area contributed by atoms with Crippen molar-refractivity contribution in [3.63, 3.8) is 0 Å². The fourth-order valence-corrected chi connectivity index (χ4v) is 6.60. The zero-order chi connectivity index (χ0) is 33.4. The van der Waals surface area contributed by atoms with Crippen LogP contribution in [0.1, 0.15) is 60.1 Å². The van der Waals surface area contributed by atoms with E-state index in [-0.39, 0.29) is 5.41 Å². The Balaban J connectivity index is 1.40. The van der Waals surface area contributed by atoms with Crippen molar-refractivity contribution < 1.29 is 0 Å². The van der Waals surface area contributed by atoms with Gasteiger partial charge in [0.25, 0.3) is 0 Å². The molecule has 0 atom stereocenters. The SMILES string of the molecule is C=C/C(=C\C(=C)C(CC)(CC)c1cc(/C=C/c2ccc(-c3cc(-c4ccccc4)cc(C)c3C)cc2)ccc1C)Nc1ccccc1. The highest BCUT2D eigenvalue weighted by molar-refractivity contribution is 5.78. The van der Waals surface area contributed by atoms with E-state index < -0.39 is 0 Å². The van der Waals surface area contributed by atoms with Crippen molar-refractivity contribution in [3.05, 3.63) is 185 Å². The van der Waals surface area contributed by atoms with Gasteiger partial charge in [0.15, 0.2) is 0 Å². The van der Waals surface area contributed by atoms with Crippen LogP contribution in [0, 0.1) is 20.8 Å². The number of anilines is 1. The Bertz CT molecular complexity index is 1900. The number of aryl methyl sites for hydroxylation is 2. The lowest BCUT2D eigenvalue weighted by Gasteiger charge is -2.35. The van der Waals surface area contributed by atoms with Gasteiger partial charge in [0.1, 0.15) is 0 Å². The third kappa shape index (κ3) is 7.47. The second-order valence-corrected chi connectivity index (χ2v) is 12.5. The van der Waals surface area contributed by atoms with Gasteiger partial charge in [-0.05, 0) is 125 Å². The standard InChI is InChI=1S/C46H47N/c1-8-42(47-43-19-15-12-16-20-43)30-35(6)46(9-2,10-3)45-31-38(22-21-33(45)4)24-23-37-25-27-40(28-26-37)44-32-41(29-34(5)36(44)7)39-17-13-11-14-18-39/h8,11-32,47H,1,6,9-10H2,2-5,7H3/b24-23+,42-30+. The van der Waals surface area contributed by atoms with Crippen molar-refractivity contribution in [2.45, 2.75) is 52.9 Å². The molecule has 0 aliphatic carbocycles. The summed E-state index contributed by atoms with van der Waals surface area (Å²) in [6.07, 6.45) is 10.4. The Morgan fingerprint density at radius 2 is 1.28 bits per heavy atom. The first-order valence-corrected chi connectivity index (χ1v) is 16.7. The first-order chi connectivity index (χ1) is 22.8. The largest absolute Gasteiger partial charge is 0.356 e. The molecule has 0 saturated heterocycles. The summed E-state index contributed by atoms with van der Waals surface area (Å²) in [6.45, 7) is 19.9. The van der Waals surface area contributed by atoms with E-state index in [1.54, 1.807) is 0 Å². The van der Waals surface area contributed by atoms with Gasteiger partial charge in [-0.15, -0.1) is 0 Å². The summed E-state index contributed by atoms with van der Waals surface area (Å²) in [7, 11) is 0. The molecule has 1 N–H and O–H groups in total. The maximum absolute atomic E-state index is 4.62. The molecule has 1 nitrogen and oxygen atoms in total. The summed E-state index contributed by atoms with van der Waals surface area (Å²) < 4.78 is 0. The van der Waals surface area contributed by atoms with Crippen molar-refractivity contribution >= 4 is 17.8 Å². The highest BCUT2D eigenvalue weighted by Gasteiger charge is 2.32. The van der Waals surface area contributed by atoms with Crippen molar-refractivity contribution in [2.24, 2.45) is 0 Å². The molecule has 0 radical (unpaired) electrons. The second kappa shape index (κ2) is 15.0. The Morgan fingerprint density at radius 1 is 0.660 bits per heavy atom. The Hall–Kier alpha value is -5.14. The molecule has 0 spiro atoms. The highest BCUT2D eigenvalue weighted by Crippen LogP contribution is 2.41. The lowest BCUT2D eigenvalue weighted by molar-refractivity contribution is 0.475. The van der Waals surface area contributed by atoms with Gasteiger partial charge < -0.3 is 5.32 Å². The average molecular weight is 614 g/mol. The molecule has 0 aromatic heterocycles. The molecule has 5 aromatic carbocycles. The van der Waals surface area contributed by atoms with Gasteiger partial charge in [-0.1, -0.05) is 136 Å². The third-order valence-corrected chi connectivity index (χ3v) is 9.68. The minimum atomic E-state index is -0.188. The predicted octanol–water partition coefficient (Wildman–Crippen LogP) is 12.9. The molecule has 5 aromatic rings. The number of allylic oxidation sites excluding steroid dienone is 3. The smallest absolute Gasteiger partial charge is 0.0384 e. The first-order valence-electron chi connectivity index (χ1n) is 16.7. The molecule has 47 heavy (non-hydrogen) atoms. The van der Waals surface area contributed by atoms with E-state index >= 15 is 0 Å². The number of nitrogens with one attached hydrogen (secondary N) is 1. The van der Waals surface area contributed by atoms with Gasteiger partial charge >= 0.3 is 0 Å². The molecule has 0 aliphatic heterocycles. The van der Waals surface area contributed by atoms with Crippen LogP contribution in [0.25, 0.3) is 34.4 Å². The van der Waals surface area contributed by atoms with Gasteiger partial charge in [0.2, 0.25) is 0 Å². The Labute approximate surface area is 282 Å².